The van der Waals surface area contributed by atoms with E-state index in [-0.39, 0.29) is 22.9 Å². The van der Waals surface area contributed by atoms with Gasteiger partial charge in [-0.2, -0.15) is 0 Å². The van der Waals surface area contributed by atoms with Crippen molar-refractivity contribution in [2.45, 2.75) is 58.2 Å². The van der Waals surface area contributed by atoms with Gasteiger partial charge in [0.2, 0.25) is 10.0 Å². The van der Waals surface area contributed by atoms with Gasteiger partial charge in [-0.15, -0.1) is 0 Å². The maximum Gasteiger partial charge on any atom is 0.251 e. The molecule has 0 radical (unpaired) electrons. The number of hydrogen-bond acceptors (Lipinski definition) is 7. The van der Waals surface area contributed by atoms with Crippen molar-refractivity contribution in [3.05, 3.63) is 101 Å². The summed E-state index contributed by atoms with van der Waals surface area (Å²) in [4.78, 5) is 29.8. The maximum absolute atomic E-state index is 13.9. The van der Waals surface area contributed by atoms with Crippen LogP contribution in [0.25, 0.3) is 0 Å². The van der Waals surface area contributed by atoms with Crippen molar-refractivity contribution >= 4 is 27.5 Å². The van der Waals surface area contributed by atoms with Crippen molar-refractivity contribution in [1.29, 1.82) is 0 Å². The lowest BCUT2D eigenvalue weighted by molar-refractivity contribution is 0.0824. The van der Waals surface area contributed by atoms with E-state index in [1.54, 1.807) is 0 Å². The summed E-state index contributed by atoms with van der Waals surface area (Å²) in [6.07, 6.45) is 2.76. The Morgan fingerprint density at radius 3 is 2.04 bits per heavy atom. The lowest BCUT2D eigenvalue weighted by atomic mass is 9.95. The number of anilines is 1. The molecule has 1 heterocycles. The van der Waals surface area contributed by atoms with Crippen LogP contribution in [-0.4, -0.2) is 88.4 Å². The molecule has 4 rings (SSSR count). The average Bonchev–Trinajstić information content (AvgIpc) is 3.08. The molecule has 3 aromatic carbocycles. The molecule has 1 aliphatic rings. The molecule has 3 unspecified atom stereocenters. The van der Waals surface area contributed by atoms with Crippen LogP contribution >= 0.6 is 0 Å². The predicted octanol–water partition coefficient (Wildman–Crippen LogP) is 4.23. The Labute approximate surface area is 292 Å². The molecule has 0 spiro atoms. The molecule has 3 atom stereocenters. The van der Waals surface area contributed by atoms with E-state index in [4.69, 9.17) is 0 Å². The van der Waals surface area contributed by atoms with E-state index in [2.05, 4.69) is 34.7 Å². The molecule has 11 heteroatoms. The fourth-order valence-corrected chi connectivity index (χ4v) is 6.71. The van der Waals surface area contributed by atoms with Gasteiger partial charge in [0.1, 0.15) is 0 Å². The van der Waals surface area contributed by atoms with Crippen LogP contribution in [0.4, 0.5) is 5.69 Å². The van der Waals surface area contributed by atoms with Gasteiger partial charge in [0, 0.05) is 31.3 Å². The van der Waals surface area contributed by atoms with Crippen LogP contribution in [0, 0.1) is 11.8 Å². The number of amides is 2. The first kappa shape index (κ1) is 38.0. The highest BCUT2D eigenvalue weighted by atomic mass is 32.2. The minimum absolute atomic E-state index is 0.108. The number of aliphatic hydroxyl groups is 1. The molecular weight excluding hydrogens is 639 g/mol. The third-order valence-corrected chi connectivity index (χ3v) is 10.4. The van der Waals surface area contributed by atoms with E-state index >= 15 is 0 Å². The third kappa shape index (κ3) is 11.7. The standard InChI is InChI=1S/C38H53N5O5S/c1-27(2)26-43-18-16-30(17-19-43)24-39-25-36(44)35(20-29-12-8-6-9-13-29)41-38(46)33-21-32(22-34(23-33)42(4)49(5,47)48)37(45)40-28(3)31-14-10-7-11-15-31/h6-15,21-23,27-28,30,35-36,39,44H,16-20,24-26H2,1-5H3,(H,40,45)(H,41,46). The van der Waals surface area contributed by atoms with Gasteiger partial charge in [-0.3, -0.25) is 13.9 Å². The van der Waals surface area contributed by atoms with Crippen LogP contribution in [0.15, 0.2) is 78.9 Å². The van der Waals surface area contributed by atoms with E-state index in [0.29, 0.717) is 24.8 Å². The van der Waals surface area contributed by atoms with Crippen LogP contribution in [0.3, 0.4) is 0 Å². The van der Waals surface area contributed by atoms with Crippen molar-refractivity contribution in [3.63, 3.8) is 0 Å². The van der Waals surface area contributed by atoms with Crippen molar-refractivity contribution in [2.24, 2.45) is 11.8 Å². The molecule has 0 aromatic heterocycles. The molecule has 1 saturated heterocycles. The Kier molecular flexibility index (Phi) is 13.8. The van der Waals surface area contributed by atoms with Gasteiger partial charge in [-0.25, -0.2) is 8.42 Å². The van der Waals surface area contributed by atoms with Gasteiger partial charge >= 0.3 is 0 Å². The lowest BCUT2D eigenvalue weighted by Crippen LogP contribution is -2.49. The summed E-state index contributed by atoms with van der Waals surface area (Å²) in [7, 11) is -2.32. The highest BCUT2D eigenvalue weighted by molar-refractivity contribution is 7.92. The monoisotopic (exact) mass is 691 g/mol. The zero-order valence-corrected chi connectivity index (χ0v) is 30.2. The van der Waals surface area contributed by atoms with Crippen molar-refractivity contribution in [1.82, 2.24) is 20.9 Å². The number of carbonyl (C=O) groups excluding carboxylic acids is 2. The SMILES string of the molecule is CC(C)CN1CCC(CNCC(O)C(Cc2ccccc2)NC(=O)c2cc(C(=O)NC(C)c3ccccc3)cc(N(C)S(C)(=O)=O)c2)CC1. The van der Waals surface area contributed by atoms with Crippen LogP contribution in [0.5, 0.6) is 0 Å². The highest BCUT2D eigenvalue weighted by Gasteiger charge is 2.26. The molecule has 0 aliphatic carbocycles. The van der Waals surface area contributed by atoms with E-state index < -0.39 is 34.0 Å². The van der Waals surface area contributed by atoms with Gasteiger partial charge in [0.05, 0.1) is 30.1 Å². The van der Waals surface area contributed by atoms with Gasteiger partial charge in [0.25, 0.3) is 11.8 Å². The minimum atomic E-state index is -3.69. The summed E-state index contributed by atoms with van der Waals surface area (Å²) < 4.78 is 26.0. The van der Waals surface area contributed by atoms with Crippen molar-refractivity contribution < 1.29 is 23.1 Å². The van der Waals surface area contributed by atoms with Crippen LogP contribution in [0.1, 0.15) is 71.5 Å². The second-order valence-corrected chi connectivity index (χ2v) is 15.8. The summed E-state index contributed by atoms with van der Waals surface area (Å²) in [6.45, 7) is 10.7. The number of nitrogens with one attached hydrogen (secondary N) is 3. The Morgan fingerprint density at radius 1 is 0.898 bits per heavy atom. The highest BCUT2D eigenvalue weighted by Crippen LogP contribution is 2.23. The topological polar surface area (TPSA) is 131 Å². The molecule has 0 bridgehead atoms. The largest absolute Gasteiger partial charge is 0.390 e. The van der Waals surface area contributed by atoms with E-state index in [1.807, 2.05) is 67.6 Å². The number of piperidine rings is 1. The molecule has 49 heavy (non-hydrogen) atoms. The molecule has 3 aromatic rings. The zero-order chi connectivity index (χ0) is 35.6. The zero-order valence-electron chi connectivity index (χ0n) is 29.4. The molecule has 10 nitrogen and oxygen atoms in total. The fourth-order valence-electron chi connectivity index (χ4n) is 6.22. The molecule has 1 fully saturated rings. The first-order chi connectivity index (χ1) is 23.3. The predicted molar refractivity (Wildman–Crippen MR) is 196 cm³/mol. The number of rotatable bonds is 16. The number of nitrogens with zero attached hydrogens (tertiary/aromatic N) is 2. The van der Waals surface area contributed by atoms with Gasteiger partial charge in [-0.1, -0.05) is 74.5 Å². The quantitative estimate of drug-likeness (QED) is 0.177. The number of likely N-dealkylation sites (tertiary alicyclic amines) is 1. The normalized spacial score (nSPS) is 16.1. The second kappa shape index (κ2) is 17.8. The van der Waals surface area contributed by atoms with Crippen molar-refractivity contribution in [3.8, 4) is 0 Å². The van der Waals surface area contributed by atoms with Crippen LogP contribution in [0.2, 0.25) is 0 Å². The number of sulfonamides is 1. The van der Waals surface area contributed by atoms with Gasteiger partial charge < -0.3 is 26.0 Å². The summed E-state index contributed by atoms with van der Waals surface area (Å²) in [5, 5.41) is 20.8. The Balaban J connectivity index is 1.50. The van der Waals surface area contributed by atoms with E-state index in [0.717, 1.165) is 60.7 Å². The van der Waals surface area contributed by atoms with E-state index in [1.165, 1.54) is 25.2 Å². The maximum atomic E-state index is 13.9. The van der Waals surface area contributed by atoms with Gasteiger partial charge in [-0.05, 0) is 87.0 Å². The molecule has 4 N–H and O–H groups in total. The minimum Gasteiger partial charge on any atom is -0.390 e. The summed E-state index contributed by atoms with van der Waals surface area (Å²) >= 11 is 0. The summed E-state index contributed by atoms with van der Waals surface area (Å²) in [5.74, 6) is 0.207. The number of benzene rings is 3. The Bertz CT molecular complexity index is 1610. The lowest BCUT2D eigenvalue weighted by Gasteiger charge is -2.33. The first-order valence-corrected chi connectivity index (χ1v) is 19.1. The first-order valence-electron chi connectivity index (χ1n) is 17.2. The third-order valence-electron chi connectivity index (χ3n) is 9.15. The molecule has 1 aliphatic heterocycles. The van der Waals surface area contributed by atoms with Crippen LogP contribution in [-0.2, 0) is 16.4 Å². The van der Waals surface area contributed by atoms with Crippen molar-refractivity contribution in [2.75, 3.05) is 50.3 Å². The smallest absolute Gasteiger partial charge is 0.251 e. The fraction of sp³-hybridized carbons (Fsp3) is 0.474. The number of aliphatic hydroxyl groups excluding tert-OH is 1. The molecular formula is C38H53N5O5S. The Hall–Kier alpha value is -3.77. The number of carbonyl (C=O) groups is 2. The second-order valence-electron chi connectivity index (χ2n) is 13.7. The molecule has 2 amide bonds. The Morgan fingerprint density at radius 2 is 1.47 bits per heavy atom. The summed E-state index contributed by atoms with van der Waals surface area (Å²) in [6, 6.07) is 22.5. The number of hydrogen-bond donors (Lipinski definition) is 4. The van der Waals surface area contributed by atoms with Crippen LogP contribution < -0.4 is 20.3 Å². The van der Waals surface area contributed by atoms with Gasteiger partial charge in [0.15, 0.2) is 0 Å². The molecule has 0 saturated carbocycles. The summed E-state index contributed by atoms with van der Waals surface area (Å²) in [5.41, 5.74) is 2.28. The average molecular weight is 692 g/mol. The van der Waals surface area contributed by atoms with E-state index in [9.17, 15) is 23.1 Å². The molecule has 266 valence electrons.